The maximum absolute atomic E-state index is 12.1. The predicted octanol–water partition coefficient (Wildman–Crippen LogP) is 1.64. The van der Waals surface area contributed by atoms with Gasteiger partial charge in [-0.3, -0.25) is 9.59 Å². The van der Waals surface area contributed by atoms with Gasteiger partial charge in [0, 0.05) is 12.6 Å². The van der Waals surface area contributed by atoms with Crippen molar-refractivity contribution in [1.29, 1.82) is 0 Å². The van der Waals surface area contributed by atoms with Crippen LogP contribution in [0.5, 0.6) is 0 Å². The van der Waals surface area contributed by atoms with Gasteiger partial charge in [-0.1, -0.05) is 20.8 Å². The topological polar surface area (TPSA) is 84.2 Å². The van der Waals surface area contributed by atoms with Crippen molar-refractivity contribution in [2.45, 2.75) is 65.5 Å². The lowest BCUT2D eigenvalue weighted by Gasteiger charge is -2.41. The van der Waals surface area contributed by atoms with E-state index in [0.717, 1.165) is 17.5 Å². The van der Waals surface area contributed by atoms with Crippen LogP contribution in [0.25, 0.3) is 0 Å². The van der Waals surface area contributed by atoms with Gasteiger partial charge in [0.25, 0.3) is 5.56 Å². The Balaban J connectivity index is 1.86. The molecule has 24 heavy (non-hydrogen) atoms. The fraction of sp³-hybridized carbons (Fsp3) is 0.722. The number of hydrogen-bond donors (Lipinski definition) is 2. The van der Waals surface area contributed by atoms with Crippen LogP contribution in [0, 0.1) is 18.3 Å². The van der Waals surface area contributed by atoms with E-state index in [-0.39, 0.29) is 30.0 Å². The van der Waals surface area contributed by atoms with E-state index < -0.39 is 5.60 Å². The smallest absolute Gasteiger partial charge is 0.267 e. The largest absolute Gasteiger partial charge is 0.388 e. The van der Waals surface area contributed by atoms with Gasteiger partial charge in [-0.25, -0.2) is 4.68 Å². The molecule has 1 aromatic rings. The molecule has 1 aliphatic rings. The Morgan fingerprint density at radius 3 is 2.58 bits per heavy atom. The van der Waals surface area contributed by atoms with Gasteiger partial charge in [-0.05, 0) is 50.0 Å². The average Bonchev–Trinajstić information content (AvgIpc) is 2.49. The molecule has 0 aromatic carbocycles. The quantitative estimate of drug-likeness (QED) is 0.876. The van der Waals surface area contributed by atoms with Gasteiger partial charge in [0.05, 0.1) is 11.3 Å². The minimum absolute atomic E-state index is 0.124. The fourth-order valence-corrected chi connectivity index (χ4v) is 3.32. The van der Waals surface area contributed by atoms with E-state index in [0.29, 0.717) is 24.5 Å². The Morgan fingerprint density at radius 2 is 2.00 bits per heavy atom. The van der Waals surface area contributed by atoms with Gasteiger partial charge in [-0.15, -0.1) is 0 Å². The molecule has 134 valence electrons. The zero-order valence-corrected chi connectivity index (χ0v) is 15.1. The van der Waals surface area contributed by atoms with Crippen LogP contribution in [0.3, 0.4) is 0 Å². The molecule has 1 heterocycles. The summed E-state index contributed by atoms with van der Waals surface area (Å²) in [6.07, 6.45) is 3.32. The van der Waals surface area contributed by atoms with Gasteiger partial charge >= 0.3 is 0 Å². The number of nitrogens with one attached hydrogen (secondary N) is 1. The lowest BCUT2D eigenvalue weighted by molar-refractivity contribution is -0.123. The SMILES string of the molecule is Cc1ccc(=O)n(CC(=O)NCC2(O)CCC(C(C)(C)C)CC2)n1. The van der Waals surface area contributed by atoms with Crippen molar-refractivity contribution in [3.63, 3.8) is 0 Å². The zero-order chi connectivity index (χ0) is 18.0. The normalized spacial score (nSPS) is 24.6. The van der Waals surface area contributed by atoms with E-state index in [1.54, 1.807) is 13.0 Å². The summed E-state index contributed by atoms with van der Waals surface area (Å²) in [5.41, 5.74) is -0.216. The molecule has 6 nitrogen and oxygen atoms in total. The molecule has 1 aliphatic carbocycles. The minimum atomic E-state index is -0.845. The molecule has 0 bridgehead atoms. The maximum atomic E-state index is 12.1. The number of carbonyl (C=O) groups is 1. The van der Waals surface area contributed by atoms with Crippen molar-refractivity contribution in [3.05, 3.63) is 28.2 Å². The highest BCUT2D eigenvalue weighted by atomic mass is 16.3. The number of aromatic nitrogens is 2. The summed E-state index contributed by atoms with van der Waals surface area (Å²) in [6.45, 7) is 8.57. The fourth-order valence-electron chi connectivity index (χ4n) is 3.32. The maximum Gasteiger partial charge on any atom is 0.267 e. The molecule has 6 heteroatoms. The summed E-state index contributed by atoms with van der Waals surface area (Å²) < 4.78 is 1.14. The van der Waals surface area contributed by atoms with Crippen LogP contribution in [-0.2, 0) is 11.3 Å². The Bertz CT molecular complexity index is 638. The van der Waals surface area contributed by atoms with Crippen LogP contribution in [0.15, 0.2) is 16.9 Å². The third-order valence-electron chi connectivity index (χ3n) is 5.05. The number of rotatable bonds is 4. The van der Waals surface area contributed by atoms with E-state index in [1.807, 2.05) is 0 Å². The van der Waals surface area contributed by atoms with Gasteiger partial charge in [-0.2, -0.15) is 5.10 Å². The van der Waals surface area contributed by atoms with Crippen molar-refractivity contribution < 1.29 is 9.90 Å². The zero-order valence-electron chi connectivity index (χ0n) is 15.1. The lowest BCUT2D eigenvalue weighted by Crippen LogP contribution is -2.47. The molecule has 0 aliphatic heterocycles. The first-order chi connectivity index (χ1) is 11.1. The number of aliphatic hydroxyl groups is 1. The first-order valence-electron chi connectivity index (χ1n) is 8.63. The second kappa shape index (κ2) is 7.05. The van der Waals surface area contributed by atoms with Gasteiger partial charge in [0.15, 0.2) is 0 Å². The summed E-state index contributed by atoms with van der Waals surface area (Å²) in [5, 5.41) is 17.5. The molecule has 0 radical (unpaired) electrons. The summed E-state index contributed by atoms with van der Waals surface area (Å²) >= 11 is 0. The molecule has 0 unspecified atom stereocenters. The lowest BCUT2D eigenvalue weighted by atomic mass is 9.68. The summed E-state index contributed by atoms with van der Waals surface area (Å²) in [7, 11) is 0. The van der Waals surface area contributed by atoms with Crippen molar-refractivity contribution >= 4 is 5.91 Å². The van der Waals surface area contributed by atoms with Crippen LogP contribution in [0.1, 0.15) is 52.1 Å². The molecule has 1 saturated carbocycles. The molecule has 0 atom stereocenters. The van der Waals surface area contributed by atoms with Gasteiger partial charge in [0.1, 0.15) is 6.54 Å². The van der Waals surface area contributed by atoms with E-state index in [9.17, 15) is 14.7 Å². The molecule has 2 N–H and O–H groups in total. The number of aryl methyl sites for hydroxylation is 1. The average molecular weight is 335 g/mol. The highest BCUT2D eigenvalue weighted by molar-refractivity contribution is 5.75. The van der Waals surface area contributed by atoms with Crippen LogP contribution >= 0.6 is 0 Å². The summed E-state index contributed by atoms with van der Waals surface area (Å²) in [4.78, 5) is 23.7. The highest BCUT2D eigenvalue weighted by Gasteiger charge is 2.37. The molecule has 0 spiro atoms. The van der Waals surface area contributed by atoms with Crippen molar-refractivity contribution in [3.8, 4) is 0 Å². The first-order valence-corrected chi connectivity index (χ1v) is 8.63. The number of hydrogen-bond acceptors (Lipinski definition) is 4. The molecule has 0 saturated heterocycles. The van der Waals surface area contributed by atoms with Crippen molar-refractivity contribution in [2.75, 3.05) is 6.54 Å². The first kappa shape index (κ1) is 18.6. The van der Waals surface area contributed by atoms with Gasteiger partial charge in [0.2, 0.25) is 5.91 Å². The van der Waals surface area contributed by atoms with Crippen LogP contribution in [0.2, 0.25) is 0 Å². The number of amides is 1. The van der Waals surface area contributed by atoms with Gasteiger partial charge < -0.3 is 10.4 Å². The third-order valence-corrected chi connectivity index (χ3v) is 5.05. The Morgan fingerprint density at radius 1 is 1.38 bits per heavy atom. The van der Waals surface area contributed by atoms with Crippen molar-refractivity contribution in [1.82, 2.24) is 15.1 Å². The summed E-state index contributed by atoms with van der Waals surface area (Å²) in [6, 6.07) is 3.02. The Hall–Kier alpha value is -1.69. The predicted molar refractivity (Wildman–Crippen MR) is 92.6 cm³/mol. The molecule has 1 amide bonds. The third kappa shape index (κ3) is 4.90. The highest BCUT2D eigenvalue weighted by Crippen LogP contribution is 2.41. The van der Waals surface area contributed by atoms with E-state index in [1.165, 1.54) is 6.07 Å². The monoisotopic (exact) mass is 335 g/mol. The summed E-state index contributed by atoms with van der Waals surface area (Å²) in [5.74, 6) is 0.296. The molecular weight excluding hydrogens is 306 g/mol. The van der Waals surface area contributed by atoms with E-state index in [4.69, 9.17) is 0 Å². The molecule has 1 aromatic heterocycles. The van der Waals surface area contributed by atoms with Crippen molar-refractivity contribution in [2.24, 2.45) is 11.3 Å². The van der Waals surface area contributed by atoms with E-state index >= 15 is 0 Å². The minimum Gasteiger partial charge on any atom is -0.388 e. The van der Waals surface area contributed by atoms with Crippen LogP contribution < -0.4 is 10.9 Å². The van der Waals surface area contributed by atoms with Crippen LogP contribution in [0.4, 0.5) is 0 Å². The second-order valence-electron chi connectivity index (χ2n) is 8.11. The number of carbonyl (C=O) groups excluding carboxylic acids is 1. The Kier molecular flexibility index (Phi) is 5.48. The van der Waals surface area contributed by atoms with E-state index in [2.05, 4.69) is 31.2 Å². The standard InChI is InChI=1S/C18H29N3O3/c1-13-5-6-16(23)21(20-13)11-15(22)19-12-18(24)9-7-14(8-10-18)17(2,3)4/h5-6,14,24H,7-12H2,1-4H3,(H,19,22). The second-order valence-corrected chi connectivity index (χ2v) is 8.11. The molecule has 2 rings (SSSR count). The van der Waals surface area contributed by atoms with Crippen LogP contribution in [-0.4, -0.2) is 32.9 Å². The molecule has 1 fully saturated rings. The molecular formula is C18H29N3O3. The Labute approximate surface area is 143 Å². The number of nitrogens with zero attached hydrogens (tertiary/aromatic N) is 2.